The SMILES string of the molecule is ClCCc1ccc(Br)cc1Br. The third kappa shape index (κ3) is 2.77. The molecule has 1 aromatic rings. The topological polar surface area (TPSA) is 0 Å². The molecule has 0 amide bonds. The van der Waals surface area contributed by atoms with Crippen molar-refractivity contribution in [3.05, 3.63) is 32.7 Å². The van der Waals surface area contributed by atoms with Crippen LogP contribution in [-0.2, 0) is 6.42 Å². The van der Waals surface area contributed by atoms with Crippen LogP contribution < -0.4 is 0 Å². The van der Waals surface area contributed by atoms with Crippen molar-refractivity contribution in [1.29, 1.82) is 0 Å². The number of halogens is 3. The first-order valence-corrected chi connectivity index (χ1v) is 5.36. The molecule has 0 aromatic heterocycles. The summed E-state index contributed by atoms with van der Waals surface area (Å²) in [4.78, 5) is 0. The Morgan fingerprint density at radius 2 is 2.00 bits per heavy atom. The van der Waals surface area contributed by atoms with E-state index in [-0.39, 0.29) is 0 Å². The van der Waals surface area contributed by atoms with Crippen LogP contribution in [0, 0.1) is 0 Å². The van der Waals surface area contributed by atoms with Crippen LogP contribution in [0.2, 0.25) is 0 Å². The van der Waals surface area contributed by atoms with Gasteiger partial charge in [-0.05, 0) is 24.1 Å². The minimum atomic E-state index is 0.667. The lowest BCUT2D eigenvalue weighted by Gasteiger charge is -2.01. The van der Waals surface area contributed by atoms with Crippen LogP contribution in [0.1, 0.15) is 5.56 Å². The average Bonchev–Trinajstić information content (AvgIpc) is 1.95. The molecule has 0 radical (unpaired) electrons. The Labute approximate surface area is 88.2 Å². The molecule has 0 atom stereocenters. The van der Waals surface area contributed by atoms with E-state index in [1.165, 1.54) is 5.56 Å². The van der Waals surface area contributed by atoms with Gasteiger partial charge in [0, 0.05) is 14.8 Å². The van der Waals surface area contributed by atoms with E-state index in [4.69, 9.17) is 11.6 Å². The molecule has 60 valence electrons. The van der Waals surface area contributed by atoms with Gasteiger partial charge in [0.1, 0.15) is 0 Å². The summed E-state index contributed by atoms with van der Waals surface area (Å²) in [6.07, 6.45) is 0.912. The summed E-state index contributed by atoms with van der Waals surface area (Å²) in [7, 11) is 0. The molecule has 0 saturated carbocycles. The number of benzene rings is 1. The molecule has 0 bridgehead atoms. The van der Waals surface area contributed by atoms with E-state index in [1.807, 2.05) is 12.1 Å². The van der Waals surface area contributed by atoms with Crippen molar-refractivity contribution >= 4 is 43.5 Å². The number of hydrogen-bond acceptors (Lipinski definition) is 0. The summed E-state index contributed by atoms with van der Waals surface area (Å²) in [5.41, 5.74) is 1.25. The number of alkyl halides is 1. The van der Waals surface area contributed by atoms with Gasteiger partial charge in [0.25, 0.3) is 0 Å². The van der Waals surface area contributed by atoms with Crippen molar-refractivity contribution in [2.75, 3.05) is 5.88 Å². The van der Waals surface area contributed by atoms with Crippen molar-refractivity contribution in [1.82, 2.24) is 0 Å². The van der Waals surface area contributed by atoms with Crippen molar-refractivity contribution in [3.63, 3.8) is 0 Å². The van der Waals surface area contributed by atoms with Gasteiger partial charge in [-0.15, -0.1) is 11.6 Å². The van der Waals surface area contributed by atoms with Gasteiger partial charge in [0.05, 0.1) is 0 Å². The molecule has 1 aromatic carbocycles. The highest BCUT2D eigenvalue weighted by atomic mass is 79.9. The second kappa shape index (κ2) is 4.48. The zero-order valence-electron chi connectivity index (χ0n) is 5.78. The summed E-state index contributed by atoms with van der Waals surface area (Å²) in [6, 6.07) is 6.12. The maximum Gasteiger partial charge on any atom is 0.0264 e. The van der Waals surface area contributed by atoms with Gasteiger partial charge in [-0.2, -0.15) is 0 Å². The predicted octanol–water partition coefficient (Wildman–Crippen LogP) is 3.99. The van der Waals surface area contributed by atoms with E-state index in [0.29, 0.717) is 5.88 Å². The van der Waals surface area contributed by atoms with Crippen LogP contribution in [-0.4, -0.2) is 5.88 Å². The molecule has 0 saturated heterocycles. The van der Waals surface area contributed by atoms with E-state index in [1.54, 1.807) is 0 Å². The van der Waals surface area contributed by atoms with Crippen LogP contribution in [0.5, 0.6) is 0 Å². The molecule has 0 aliphatic carbocycles. The van der Waals surface area contributed by atoms with Crippen LogP contribution in [0.4, 0.5) is 0 Å². The molecule has 0 fully saturated rings. The highest BCUT2D eigenvalue weighted by molar-refractivity contribution is 9.11. The van der Waals surface area contributed by atoms with Crippen molar-refractivity contribution in [2.24, 2.45) is 0 Å². The van der Waals surface area contributed by atoms with Crippen LogP contribution in [0.15, 0.2) is 27.1 Å². The second-order valence-corrected chi connectivity index (χ2v) is 4.32. The molecule has 0 unspecified atom stereocenters. The monoisotopic (exact) mass is 296 g/mol. The molecule has 3 heteroatoms. The van der Waals surface area contributed by atoms with Crippen molar-refractivity contribution in [3.8, 4) is 0 Å². The zero-order chi connectivity index (χ0) is 8.27. The standard InChI is InChI=1S/C8H7Br2Cl/c9-7-2-1-6(3-4-11)8(10)5-7/h1-2,5H,3-4H2. The van der Waals surface area contributed by atoms with E-state index in [0.717, 1.165) is 15.4 Å². The summed E-state index contributed by atoms with van der Waals surface area (Å²) in [5.74, 6) is 0.667. The minimum absolute atomic E-state index is 0.667. The molecule has 11 heavy (non-hydrogen) atoms. The summed E-state index contributed by atoms with van der Waals surface area (Å²) in [5, 5.41) is 0. The first-order chi connectivity index (χ1) is 5.24. The van der Waals surface area contributed by atoms with E-state index in [2.05, 4.69) is 37.9 Å². The predicted molar refractivity (Wildman–Crippen MR) is 56.3 cm³/mol. The quantitative estimate of drug-likeness (QED) is 0.724. The fourth-order valence-electron chi connectivity index (χ4n) is 0.826. The Kier molecular flexibility index (Phi) is 3.90. The molecule has 0 heterocycles. The highest BCUT2D eigenvalue weighted by Crippen LogP contribution is 2.22. The van der Waals surface area contributed by atoms with E-state index < -0.39 is 0 Å². The van der Waals surface area contributed by atoms with Gasteiger partial charge in [0.2, 0.25) is 0 Å². The maximum absolute atomic E-state index is 5.62. The summed E-state index contributed by atoms with van der Waals surface area (Å²) >= 11 is 12.5. The Hall–Kier alpha value is 0.470. The highest BCUT2D eigenvalue weighted by Gasteiger charge is 1.98. The lowest BCUT2D eigenvalue weighted by molar-refractivity contribution is 1.13. The molecule has 1 rings (SSSR count). The maximum atomic E-state index is 5.62. The van der Waals surface area contributed by atoms with Gasteiger partial charge >= 0.3 is 0 Å². The third-order valence-electron chi connectivity index (χ3n) is 1.38. The molecule has 0 aliphatic heterocycles. The molecular weight excluding hydrogens is 291 g/mol. The lowest BCUT2D eigenvalue weighted by atomic mass is 10.2. The molecule has 0 spiro atoms. The van der Waals surface area contributed by atoms with Crippen LogP contribution in [0.3, 0.4) is 0 Å². The third-order valence-corrected chi connectivity index (χ3v) is 2.80. The average molecular weight is 298 g/mol. The van der Waals surface area contributed by atoms with Crippen molar-refractivity contribution in [2.45, 2.75) is 6.42 Å². The van der Waals surface area contributed by atoms with E-state index >= 15 is 0 Å². The first kappa shape index (κ1) is 9.56. The largest absolute Gasteiger partial charge is 0.126 e. The molecular formula is C8H7Br2Cl. The van der Waals surface area contributed by atoms with Gasteiger partial charge < -0.3 is 0 Å². The van der Waals surface area contributed by atoms with Crippen LogP contribution in [0.25, 0.3) is 0 Å². The van der Waals surface area contributed by atoms with Gasteiger partial charge in [0.15, 0.2) is 0 Å². The summed E-state index contributed by atoms with van der Waals surface area (Å²) < 4.78 is 2.20. The minimum Gasteiger partial charge on any atom is -0.126 e. The Balaban J connectivity index is 2.90. The zero-order valence-corrected chi connectivity index (χ0v) is 9.71. The van der Waals surface area contributed by atoms with Crippen LogP contribution >= 0.6 is 43.5 Å². The fourth-order valence-corrected chi connectivity index (χ4v) is 2.28. The molecule has 0 aliphatic rings. The smallest absolute Gasteiger partial charge is 0.0264 e. The van der Waals surface area contributed by atoms with Gasteiger partial charge in [-0.1, -0.05) is 37.9 Å². The van der Waals surface area contributed by atoms with Gasteiger partial charge in [-0.25, -0.2) is 0 Å². The Morgan fingerprint density at radius 3 is 2.55 bits per heavy atom. The van der Waals surface area contributed by atoms with E-state index in [9.17, 15) is 0 Å². The fraction of sp³-hybridized carbons (Fsp3) is 0.250. The molecule has 0 nitrogen and oxygen atoms in total. The van der Waals surface area contributed by atoms with Gasteiger partial charge in [-0.3, -0.25) is 0 Å². The second-order valence-electron chi connectivity index (χ2n) is 2.17. The first-order valence-electron chi connectivity index (χ1n) is 3.24. The number of hydrogen-bond donors (Lipinski definition) is 0. The number of aryl methyl sites for hydroxylation is 1. The number of rotatable bonds is 2. The Bertz CT molecular complexity index is 248. The summed E-state index contributed by atoms with van der Waals surface area (Å²) in [6.45, 7) is 0. The lowest BCUT2D eigenvalue weighted by Crippen LogP contribution is -1.86. The normalized spacial score (nSPS) is 10.1. The molecule has 0 N–H and O–H groups in total. The van der Waals surface area contributed by atoms with Crippen molar-refractivity contribution < 1.29 is 0 Å². The Morgan fingerprint density at radius 1 is 1.27 bits per heavy atom.